The quantitative estimate of drug-likeness (QED) is 0.498. The first-order valence-corrected chi connectivity index (χ1v) is 6.43. The van der Waals surface area contributed by atoms with Crippen LogP contribution in [-0.2, 0) is 7.05 Å². The maximum atomic E-state index is 6.03. The second-order valence-corrected chi connectivity index (χ2v) is 4.82. The summed E-state index contributed by atoms with van der Waals surface area (Å²) in [5, 5.41) is 6.54. The maximum Gasteiger partial charge on any atom is 0.126 e. The Balaban J connectivity index is 2.09. The number of anilines is 1. The number of fused-ring (bicyclic) bond motifs is 1. The summed E-state index contributed by atoms with van der Waals surface area (Å²) in [6.07, 6.45) is 1.75. The molecule has 3 rings (SSSR count). The van der Waals surface area contributed by atoms with Crippen LogP contribution in [0.4, 0.5) is 5.82 Å². The molecule has 0 radical (unpaired) electrons. The molecule has 2 aromatic carbocycles. The Morgan fingerprint density at radius 2 is 1.90 bits per heavy atom. The molecule has 3 aromatic rings. The Morgan fingerprint density at radius 3 is 2.55 bits per heavy atom. The minimum absolute atomic E-state index is 0.173. The number of nitrogen functional groups attached to an aromatic ring is 1. The lowest BCUT2D eigenvalue weighted by Crippen LogP contribution is -2.29. The standard InChI is InChI=1S/C15H17N5/c1-20-15(16)13(9-18-20)14(19-17)12-7-6-10-4-2-3-5-11(10)8-12/h2-9,14,19H,16-17H2,1H3. The number of aromatic nitrogens is 2. The second kappa shape index (κ2) is 4.96. The van der Waals surface area contributed by atoms with Crippen molar-refractivity contribution in [3.8, 4) is 0 Å². The molecule has 5 nitrogen and oxygen atoms in total. The van der Waals surface area contributed by atoms with Crippen LogP contribution in [0, 0.1) is 0 Å². The highest BCUT2D eigenvalue weighted by Gasteiger charge is 2.18. The highest BCUT2D eigenvalue weighted by atomic mass is 15.3. The number of hydrogen-bond acceptors (Lipinski definition) is 4. The van der Waals surface area contributed by atoms with E-state index in [0.29, 0.717) is 5.82 Å². The summed E-state index contributed by atoms with van der Waals surface area (Å²) < 4.78 is 1.64. The Bertz CT molecular complexity index is 747. The van der Waals surface area contributed by atoms with Crippen LogP contribution in [0.2, 0.25) is 0 Å². The third-order valence-electron chi connectivity index (χ3n) is 3.60. The van der Waals surface area contributed by atoms with Gasteiger partial charge in [0.25, 0.3) is 0 Å². The number of hydrazine groups is 1. The molecule has 0 aliphatic rings. The monoisotopic (exact) mass is 267 g/mol. The molecule has 1 heterocycles. The van der Waals surface area contributed by atoms with Crippen LogP contribution in [-0.4, -0.2) is 9.78 Å². The zero-order chi connectivity index (χ0) is 14.1. The van der Waals surface area contributed by atoms with Crippen molar-refractivity contribution in [2.45, 2.75) is 6.04 Å². The molecule has 20 heavy (non-hydrogen) atoms. The predicted octanol–water partition coefficient (Wildman–Crippen LogP) is 1.71. The number of nitrogens with zero attached hydrogens (tertiary/aromatic N) is 2. The van der Waals surface area contributed by atoms with Crippen molar-refractivity contribution in [1.82, 2.24) is 15.2 Å². The fraction of sp³-hybridized carbons (Fsp3) is 0.133. The highest BCUT2D eigenvalue weighted by Crippen LogP contribution is 2.27. The van der Waals surface area contributed by atoms with Gasteiger partial charge in [0.15, 0.2) is 0 Å². The first-order valence-electron chi connectivity index (χ1n) is 6.43. The molecule has 0 saturated carbocycles. The van der Waals surface area contributed by atoms with E-state index in [9.17, 15) is 0 Å². The Kier molecular flexibility index (Phi) is 3.14. The average molecular weight is 267 g/mol. The number of hydrogen-bond donors (Lipinski definition) is 3. The van der Waals surface area contributed by atoms with E-state index < -0.39 is 0 Å². The zero-order valence-corrected chi connectivity index (χ0v) is 11.2. The summed E-state index contributed by atoms with van der Waals surface area (Å²) in [5.74, 6) is 6.33. The van der Waals surface area contributed by atoms with E-state index in [4.69, 9.17) is 11.6 Å². The summed E-state index contributed by atoms with van der Waals surface area (Å²) >= 11 is 0. The molecule has 0 fully saturated rings. The van der Waals surface area contributed by atoms with Crippen molar-refractivity contribution >= 4 is 16.6 Å². The lowest BCUT2D eigenvalue weighted by Gasteiger charge is -2.16. The van der Waals surface area contributed by atoms with Gasteiger partial charge < -0.3 is 5.73 Å². The highest BCUT2D eigenvalue weighted by molar-refractivity contribution is 5.83. The lowest BCUT2D eigenvalue weighted by atomic mass is 9.98. The van der Waals surface area contributed by atoms with Crippen molar-refractivity contribution in [2.24, 2.45) is 12.9 Å². The molecule has 1 unspecified atom stereocenters. The molecule has 0 bridgehead atoms. The first-order chi connectivity index (χ1) is 9.70. The summed E-state index contributed by atoms with van der Waals surface area (Å²) in [6.45, 7) is 0. The van der Waals surface area contributed by atoms with Crippen LogP contribution in [0.5, 0.6) is 0 Å². The third kappa shape index (κ3) is 2.03. The molecule has 0 saturated heterocycles. The van der Waals surface area contributed by atoms with E-state index in [2.05, 4.69) is 40.9 Å². The Morgan fingerprint density at radius 1 is 1.15 bits per heavy atom. The van der Waals surface area contributed by atoms with E-state index in [-0.39, 0.29) is 6.04 Å². The minimum Gasteiger partial charge on any atom is -0.384 e. The van der Waals surface area contributed by atoms with Gasteiger partial charge in [-0.2, -0.15) is 5.10 Å². The topological polar surface area (TPSA) is 81.9 Å². The smallest absolute Gasteiger partial charge is 0.126 e. The number of nitrogens with two attached hydrogens (primary N) is 2. The van der Waals surface area contributed by atoms with E-state index in [1.165, 1.54) is 10.8 Å². The molecule has 0 spiro atoms. The number of benzene rings is 2. The number of nitrogens with one attached hydrogen (secondary N) is 1. The van der Waals surface area contributed by atoms with Gasteiger partial charge in [0.05, 0.1) is 12.2 Å². The van der Waals surface area contributed by atoms with Crippen LogP contribution >= 0.6 is 0 Å². The molecule has 5 heteroatoms. The number of rotatable bonds is 3. The molecule has 0 aliphatic carbocycles. The van der Waals surface area contributed by atoms with Gasteiger partial charge in [0, 0.05) is 12.6 Å². The molecule has 1 aromatic heterocycles. The van der Waals surface area contributed by atoms with Gasteiger partial charge in [-0.3, -0.25) is 10.5 Å². The Hall–Kier alpha value is -2.37. The van der Waals surface area contributed by atoms with E-state index in [1.54, 1.807) is 10.9 Å². The molecular weight excluding hydrogens is 250 g/mol. The van der Waals surface area contributed by atoms with E-state index >= 15 is 0 Å². The van der Waals surface area contributed by atoms with Crippen molar-refractivity contribution < 1.29 is 0 Å². The fourth-order valence-electron chi connectivity index (χ4n) is 2.44. The summed E-state index contributed by atoms with van der Waals surface area (Å²) in [7, 11) is 1.81. The lowest BCUT2D eigenvalue weighted by molar-refractivity contribution is 0.638. The van der Waals surface area contributed by atoms with E-state index in [0.717, 1.165) is 11.1 Å². The average Bonchev–Trinajstić information content (AvgIpc) is 2.80. The molecule has 102 valence electrons. The normalized spacial score (nSPS) is 12.7. The molecule has 0 amide bonds. The van der Waals surface area contributed by atoms with Crippen LogP contribution in [0.25, 0.3) is 10.8 Å². The summed E-state index contributed by atoms with van der Waals surface area (Å²) in [5.41, 5.74) is 10.8. The van der Waals surface area contributed by atoms with Gasteiger partial charge in [-0.25, -0.2) is 5.43 Å². The molecule has 1 atom stereocenters. The zero-order valence-electron chi connectivity index (χ0n) is 11.2. The van der Waals surface area contributed by atoms with E-state index in [1.807, 2.05) is 19.2 Å². The van der Waals surface area contributed by atoms with Crippen LogP contribution in [0.15, 0.2) is 48.7 Å². The van der Waals surface area contributed by atoms with Crippen molar-refractivity contribution in [3.63, 3.8) is 0 Å². The van der Waals surface area contributed by atoms with Crippen LogP contribution in [0.3, 0.4) is 0 Å². The minimum atomic E-state index is -0.173. The first kappa shape index (κ1) is 12.7. The van der Waals surface area contributed by atoms with Gasteiger partial charge in [-0.15, -0.1) is 0 Å². The van der Waals surface area contributed by atoms with Crippen molar-refractivity contribution in [1.29, 1.82) is 0 Å². The molecule has 5 N–H and O–H groups in total. The number of aryl methyl sites for hydroxylation is 1. The second-order valence-electron chi connectivity index (χ2n) is 4.82. The van der Waals surface area contributed by atoms with Gasteiger partial charge >= 0.3 is 0 Å². The summed E-state index contributed by atoms with van der Waals surface area (Å²) in [4.78, 5) is 0. The Labute approximate surface area is 117 Å². The van der Waals surface area contributed by atoms with Gasteiger partial charge in [-0.1, -0.05) is 36.4 Å². The van der Waals surface area contributed by atoms with Gasteiger partial charge in [-0.05, 0) is 22.4 Å². The van der Waals surface area contributed by atoms with Crippen molar-refractivity contribution in [3.05, 3.63) is 59.8 Å². The SMILES string of the molecule is Cn1ncc(C(NN)c2ccc3ccccc3c2)c1N. The third-order valence-corrected chi connectivity index (χ3v) is 3.60. The van der Waals surface area contributed by atoms with Gasteiger partial charge in [0.2, 0.25) is 0 Å². The molecule has 0 aliphatic heterocycles. The summed E-state index contributed by atoms with van der Waals surface area (Å²) in [6, 6.07) is 14.3. The largest absolute Gasteiger partial charge is 0.384 e. The fourth-order valence-corrected chi connectivity index (χ4v) is 2.44. The van der Waals surface area contributed by atoms with Gasteiger partial charge in [0.1, 0.15) is 5.82 Å². The maximum absolute atomic E-state index is 6.03. The van der Waals surface area contributed by atoms with Crippen LogP contribution in [0.1, 0.15) is 17.2 Å². The molecular formula is C15H17N5. The van der Waals surface area contributed by atoms with Crippen LogP contribution < -0.4 is 17.0 Å². The van der Waals surface area contributed by atoms with Crippen molar-refractivity contribution in [2.75, 3.05) is 5.73 Å². The predicted molar refractivity (Wildman–Crippen MR) is 80.7 cm³/mol.